The molecular formula is C19H27ClIN7OS. The predicted molar refractivity (Wildman–Crippen MR) is 132 cm³/mol. The Morgan fingerprint density at radius 1 is 1.37 bits per heavy atom. The molecule has 11 heteroatoms. The fourth-order valence-electron chi connectivity index (χ4n) is 2.86. The lowest BCUT2D eigenvalue weighted by atomic mass is 10.1. The van der Waals surface area contributed by atoms with Crippen molar-refractivity contribution in [3.8, 4) is 0 Å². The van der Waals surface area contributed by atoms with Crippen LogP contribution in [0.15, 0.2) is 40.5 Å². The van der Waals surface area contributed by atoms with Gasteiger partial charge in [-0.1, -0.05) is 11.6 Å². The molecular weight excluding hydrogens is 537 g/mol. The minimum absolute atomic E-state index is 0. The number of thioether (sulfide) groups is 1. The molecule has 3 rings (SSSR count). The molecule has 2 heterocycles. The third kappa shape index (κ3) is 7.62. The molecule has 1 aliphatic rings. The van der Waals surface area contributed by atoms with Gasteiger partial charge in [-0.15, -0.1) is 35.7 Å². The van der Waals surface area contributed by atoms with Gasteiger partial charge in [0.05, 0.1) is 6.54 Å². The van der Waals surface area contributed by atoms with E-state index in [-0.39, 0.29) is 42.5 Å². The van der Waals surface area contributed by atoms with Gasteiger partial charge < -0.3 is 15.5 Å². The topological polar surface area (TPSA) is 87.4 Å². The monoisotopic (exact) mass is 563 g/mol. The van der Waals surface area contributed by atoms with Crippen LogP contribution >= 0.6 is 47.3 Å². The summed E-state index contributed by atoms with van der Waals surface area (Å²) in [6.45, 7) is 1.56. The number of hydrogen-bond acceptors (Lipinski definition) is 5. The van der Waals surface area contributed by atoms with Gasteiger partial charge in [0.1, 0.15) is 18.7 Å². The molecule has 0 fully saturated rings. The smallest absolute Gasteiger partial charge is 0.243 e. The number of likely N-dealkylation sites (N-methyl/N-ethyl adjacent to an activating group) is 1. The first-order valence-electron chi connectivity index (χ1n) is 9.51. The van der Waals surface area contributed by atoms with E-state index in [1.165, 1.54) is 0 Å². The van der Waals surface area contributed by atoms with Crippen molar-refractivity contribution in [1.29, 1.82) is 0 Å². The maximum absolute atomic E-state index is 11.9. The largest absolute Gasteiger partial charge is 0.356 e. The van der Waals surface area contributed by atoms with Gasteiger partial charge in [-0.3, -0.25) is 4.79 Å². The number of carbonyl (C=O) groups excluding carboxylic acids is 1. The zero-order chi connectivity index (χ0) is 20.6. The molecule has 1 aliphatic heterocycles. The minimum Gasteiger partial charge on any atom is -0.356 e. The Balaban J connectivity index is 0.00000320. The third-order valence-electron chi connectivity index (χ3n) is 4.49. The Labute approximate surface area is 203 Å². The van der Waals surface area contributed by atoms with Gasteiger partial charge >= 0.3 is 0 Å². The van der Waals surface area contributed by atoms with Crippen molar-refractivity contribution < 1.29 is 4.79 Å². The molecule has 1 amide bonds. The molecule has 0 saturated heterocycles. The number of aromatic nitrogens is 3. The van der Waals surface area contributed by atoms with Crippen LogP contribution in [0.25, 0.3) is 0 Å². The van der Waals surface area contributed by atoms with Gasteiger partial charge in [-0.05, 0) is 30.7 Å². The third-order valence-corrected chi connectivity index (χ3v) is 5.76. The molecule has 0 spiro atoms. The highest BCUT2D eigenvalue weighted by atomic mass is 127. The lowest BCUT2D eigenvalue weighted by Crippen LogP contribution is -2.48. The molecule has 1 aromatic heterocycles. The zero-order valence-corrected chi connectivity index (χ0v) is 20.9. The first-order valence-corrected chi connectivity index (χ1v) is 10.9. The average Bonchev–Trinajstić information content (AvgIpc) is 3.18. The summed E-state index contributed by atoms with van der Waals surface area (Å²) < 4.78 is 1.92. The number of halogens is 2. The fourth-order valence-corrected chi connectivity index (χ4v) is 3.75. The summed E-state index contributed by atoms with van der Waals surface area (Å²) in [4.78, 5) is 23.4. The summed E-state index contributed by atoms with van der Waals surface area (Å²) in [5.41, 5.74) is 0. The summed E-state index contributed by atoms with van der Waals surface area (Å²) in [6, 6.07) is 7.98. The van der Waals surface area contributed by atoms with Gasteiger partial charge in [0, 0.05) is 48.8 Å². The standard InChI is InChI=1S/C19H26ClN7OS.HI/c1-26(2)18(28)11-22-19(21-9-10-29-16-6-3-14(20)4-7-16)25-15-5-8-17-23-13-24-27(17)12-15;/h3-4,6-7,13,15H,5,8-12H2,1-2H3,(H2,21,22,25);1H. The van der Waals surface area contributed by atoms with Gasteiger partial charge in [0.15, 0.2) is 5.96 Å². The van der Waals surface area contributed by atoms with Crippen molar-refractivity contribution in [3.63, 3.8) is 0 Å². The lowest BCUT2D eigenvalue weighted by Gasteiger charge is -2.25. The Morgan fingerprint density at radius 3 is 2.87 bits per heavy atom. The number of amides is 1. The number of rotatable bonds is 7. The molecule has 0 saturated carbocycles. The van der Waals surface area contributed by atoms with Crippen molar-refractivity contribution in [3.05, 3.63) is 41.4 Å². The van der Waals surface area contributed by atoms with Crippen LogP contribution in [0, 0.1) is 0 Å². The minimum atomic E-state index is -0.0381. The van der Waals surface area contributed by atoms with Crippen molar-refractivity contribution in [2.45, 2.75) is 30.3 Å². The molecule has 164 valence electrons. The SMILES string of the molecule is CN(C)C(=O)CN=C(NCCSc1ccc(Cl)cc1)NC1CCc2ncnn2C1.I. The average molecular weight is 564 g/mol. The summed E-state index contributed by atoms with van der Waals surface area (Å²) in [6.07, 6.45) is 3.41. The zero-order valence-electron chi connectivity index (χ0n) is 17.0. The van der Waals surface area contributed by atoms with E-state index in [0.717, 1.165) is 47.4 Å². The number of aliphatic imine (C=N–C) groups is 1. The molecule has 0 radical (unpaired) electrons. The number of hydrogen-bond donors (Lipinski definition) is 2. The van der Waals surface area contributed by atoms with Crippen molar-refractivity contribution in [1.82, 2.24) is 30.3 Å². The number of guanidine groups is 1. The van der Waals surface area contributed by atoms with Crippen LogP contribution < -0.4 is 10.6 Å². The van der Waals surface area contributed by atoms with E-state index in [1.807, 2.05) is 28.9 Å². The highest BCUT2D eigenvalue weighted by Crippen LogP contribution is 2.19. The number of fused-ring (bicyclic) bond motifs is 1. The lowest BCUT2D eigenvalue weighted by molar-refractivity contribution is -0.127. The summed E-state index contributed by atoms with van der Waals surface area (Å²) in [5, 5.41) is 11.8. The van der Waals surface area contributed by atoms with Gasteiger partial charge in [0.2, 0.25) is 5.91 Å². The van der Waals surface area contributed by atoms with E-state index >= 15 is 0 Å². The van der Waals surface area contributed by atoms with Crippen LogP contribution in [0.2, 0.25) is 5.02 Å². The number of carbonyl (C=O) groups is 1. The second kappa shape index (κ2) is 12.4. The molecule has 1 atom stereocenters. The Hall–Kier alpha value is -1.53. The molecule has 1 unspecified atom stereocenters. The number of aryl methyl sites for hydroxylation is 1. The number of benzene rings is 1. The maximum atomic E-state index is 11.9. The second-order valence-corrected chi connectivity index (χ2v) is 8.53. The van der Waals surface area contributed by atoms with E-state index in [9.17, 15) is 4.79 Å². The summed E-state index contributed by atoms with van der Waals surface area (Å²) in [5.74, 6) is 2.48. The van der Waals surface area contributed by atoms with Crippen LogP contribution in [0.1, 0.15) is 12.2 Å². The molecule has 2 N–H and O–H groups in total. The Morgan fingerprint density at radius 2 is 2.13 bits per heavy atom. The first kappa shape index (κ1) is 24.7. The van der Waals surface area contributed by atoms with Crippen LogP contribution in [-0.4, -0.2) is 70.5 Å². The number of nitrogens with zero attached hydrogens (tertiary/aromatic N) is 5. The van der Waals surface area contributed by atoms with E-state index < -0.39 is 0 Å². The molecule has 0 aliphatic carbocycles. The van der Waals surface area contributed by atoms with Gasteiger partial charge in [0.25, 0.3) is 0 Å². The fraction of sp³-hybridized carbons (Fsp3) is 0.474. The van der Waals surface area contributed by atoms with E-state index in [2.05, 4.69) is 25.7 Å². The molecule has 2 aromatic rings. The van der Waals surface area contributed by atoms with E-state index in [1.54, 1.807) is 37.1 Å². The van der Waals surface area contributed by atoms with Crippen molar-refractivity contribution >= 4 is 59.2 Å². The predicted octanol–water partition coefficient (Wildman–Crippen LogP) is 2.28. The molecule has 8 nitrogen and oxygen atoms in total. The van der Waals surface area contributed by atoms with Crippen molar-refractivity contribution in [2.75, 3.05) is 32.9 Å². The van der Waals surface area contributed by atoms with Crippen LogP contribution in [0.4, 0.5) is 0 Å². The Kier molecular flexibility index (Phi) is 10.2. The Bertz CT molecular complexity index is 844. The molecule has 30 heavy (non-hydrogen) atoms. The highest BCUT2D eigenvalue weighted by molar-refractivity contribution is 14.0. The van der Waals surface area contributed by atoms with E-state index in [4.69, 9.17) is 11.6 Å². The molecule has 0 bridgehead atoms. The summed E-state index contributed by atoms with van der Waals surface area (Å²) >= 11 is 7.66. The van der Waals surface area contributed by atoms with E-state index in [0.29, 0.717) is 5.96 Å². The van der Waals surface area contributed by atoms with Crippen LogP contribution in [0.5, 0.6) is 0 Å². The van der Waals surface area contributed by atoms with Gasteiger partial charge in [-0.2, -0.15) is 5.10 Å². The van der Waals surface area contributed by atoms with Crippen LogP contribution in [0.3, 0.4) is 0 Å². The van der Waals surface area contributed by atoms with Gasteiger partial charge in [-0.25, -0.2) is 14.7 Å². The first-order chi connectivity index (χ1) is 14.0. The normalized spacial score (nSPS) is 15.7. The molecule has 1 aromatic carbocycles. The van der Waals surface area contributed by atoms with Crippen molar-refractivity contribution in [2.24, 2.45) is 4.99 Å². The maximum Gasteiger partial charge on any atom is 0.243 e. The summed E-state index contributed by atoms with van der Waals surface area (Å²) in [7, 11) is 3.46. The quantitative estimate of drug-likeness (QED) is 0.177. The highest BCUT2D eigenvalue weighted by Gasteiger charge is 2.20. The number of nitrogens with one attached hydrogen (secondary N) is 2. The second-order valence-electron chi connectivity index (χ2n) is 6.92. The van der Waals surface area contributed by atoms with Crippen LogP contribution in [-0.2, 0) is 17.8 Å².